The van der Waals surface area contributed by atoms with E-state index in [1.165, 1.54) is 42.6 Å². The van der Waals surface area contributed by atoms with Gasteiger partial charge in [-0.2, -0.15) is 26.3 Å². The zero-order valence-corrected chi connectivity index (χ0v) is 29.7. The predicted molar refractivity (Wildman–Crippen MR) is 184 cm³/mol. The number of carboxylic acids is 1. The summed E-state index contributed by atoms with van der Waals surface area (Å²) in [4.78, 5) is 45.6. The van der Waals surface area contributed by atoms with Gasteiger partial charge in [0.1, 0.15) is 24.0 Å². The number of benzene rings is 3. The Morgan fingerprint density at radius 1 is 1.02 bits per heavy atom. The van der Waals surface area contributed by atoms with Crippen LogP contribution < -0.4 is 10.6 Å². The number of aromatic nitrogens is 3. The van der Waals surface area contributed by atoms with Gasteiger partial charge in [-0.1, -0.05) is 29.1 Å². The molecular formula is C34H30F6N6O10S. The van der Waals surface area contributed by atoms with Crippen LogP contribution in [0, 0.1) is 10.1 Å². The summed E-state index contributed by atoms with van der Waals surface area (Å²) in [6, 6.07) is 9.12. The number of rotatable bonds is 12. The average Bonchev–Trinajstić information content (AvgIpc) is 3.60. The molecule has 1 saturated heterocycles. The van der Waals surface area contributed by atoms with Gasteiger partial charge in [0.15, 0.2) is 0 Å². The number of anilines is 1. The first-order valence-electron chi connectivity index (χ1n) is 16.3. The minimum atomic E-state index is -5.16. The van der Waals surface area contributed by atoms with E-state index in [2.05, 4.69) is 20.9 Å². The minimum absolute atomic E-state index is 0.00627. The van der Waals surface area contributed by atoms with Gasteiger partial charge in [0.2, 0.25) is 10.8 Å². The number of aliphatic hydroxyl groups is 3. The molecule has 0 aliphatic carbocycles. The molecule has 6 N–H and O–H groups in total. The lowest BCUT2D eigenvalue weighted by Gasteiger charge is -2.46. The highest BCUT2D eigenvalue weighted by Gasteiger charge is 2.55. The van der Waals surface area contributed by atoms with Crippen LogP contribution in [0.25, 0.3) is 11.3 Å². The highest BCUT2D eigenvalue weighted by Crippen LogP contribution is 2.44. The van der Waals surface area contributed by atoms with Crippen molar-refractivity contribution in [1.29, 1.82) is 0 Å². The number of carbonyl (C=O) groups excluding carboxylic acids is 2. The zero-order chi connectivity index (χ0) is 42.0. The molecule has 1 fully saturated rings. The van der Waals surface area contributed by atoms with Gasteiger partial charge in [-0.3, -0.25) is 19.7 Å². The van der Waals surface area contributed by atoms with E-state index >= 15 is 0 Å². The number of nitro benzene ring substituents is 1. The number of thioether (sulfide) groups is 1. The summed E-state index contributed by atoms with van der Waals surface area (Å²) in [5.41, 5.74) is -4.01. The summed E-state index contributed by atoms with van der Waals surface area (Å²) >= 11 is 0.566. The number of hydrogen-bond donors (Lipinski definition) is 6. The summed E-state index contributed by atoms with van der Waals surface area (Å²) in [7, 11) is 0. The van der Waals surface area contributed by atoms with E-state index < -0.39 is 100 Å². The fourth-order valence-corrected chi connectivity index (χ4v) is 6.94. The van der Waals surface area contributed by atoms with Crippen LogP contribution in [0.1, 0.15) is 34.8 Å². The standard InChI is InChI=1S/C34H30F6N6O10S/c1-16(47)41-27-25(48)13-32(31(52)53,57-23-8-6-22(7-9-23)46(54)55)56-29(27)28(50)26(49)15-45-14-24(43-44-45)17-2-4-21(5-3-17)42-30(51)18-10-19(33(35,36)37)12-20(11-18)34(38,39)40/h2-12,14,25-29,48-50H,13,15H2,1H3,(H,41,47)(H,42,51)(H,52,53)/t25-,26+,27+,28+,29?,32-/m0/s1. The van der Waals surface area contributed by atoms with E-state index in [1.54, 1.807) is 0 Å². The minimum Gasteiger partial charge on any atom is -0.478 e. The first kappa shape index (κ1) is 42.5. The summed E-state index contributed by atoms with van der Waals surface area (Å²) in [5, 5.41) is 67.1. The van der Waals surface area contributed by atoms with E-state index in [0.717, 1.165) is 23.7 Å². The van der Waals surface area contributed by atoms with Gasteiger partial charge in [0.25, 0.3) is 11.6 Å². The lowest BCUT2D eigenvalue weighted by Crippen LogP contribution is -2.66. The molecule has 2 heterocycles. The number of nitrogens with zero attached hydrogens (tertiary/aromatic N) is 4. The molecule has 16 nitrogen and oxygen atoms in total. The predicted octanol–water partition coefficient (Wildman–Crippen LogP) is 4.09. The molecule has 6 atom stereocenters. The molecule has 0 saturated carbocycles. The fraction of sp³-hybridized carbons (Fsp3) is 0.324. The maximum Gasteiger partial charge on any atom is 0.416 e. The van der Waals surface area contributed by atoms with Crippen molar-refractivity contribution in [2.45, 2.75) is 72.5 Å². The average molecular weight is 829 g/mol. The molecule has 5 rings (SSSR count). The van der Waals surface area contributed by atoms with Crippen LogP contribution in [0.2, 0.25) is 0 Å². The van der Waals surface area contributed by atoms with Crippen LogP contribution in [0.3, 0.4) is 0 Å². The molecule has 1 unspecified atom stereocenters. The second-order valence-corrected chi connectivity index (χ2v) is 14.0. The van der Waals surface area contributed by atoms with Gasteiger partial charge in [-0.05, 0) is 42.5 Å². The number of alkyl halides is 6. The topological polar surface area (TPSA) is 239 Å². The number of ether oxygens (including phenoxy) is 1. The normalized spacial score (nSPS) is 21.0. The molecule has 57 heavy (non-hydrogen) atoms. The maximum absolute atomic E-state index is 13.2. The van der Waals surface area contributed by atoms with Gasteiger partial charge in [-0.15, -0.1) is 5.10 Å². The Bertz CT molecular complexity index is 2100. The Morgan fingerprint density at radius 2 is 1.61 bits per heavy atom. The SMILES string of the molecule is CC(=O)N[C@H]1C([C@H](O)[C@H](O)Cn2cc(-c3ccc(NC(=O)c4cc(C(F)(F)F)cc(C(F)(F)F)c4)cc3)nn2)O[C@@](Sc2ccc([N+](=O)[O-])cc2)(C(=O)O)C[C@@H]1O. The van der Waals surface area contributed by atoms with Crippen molar-refractivity contribution in [2.24, 2.45) is 0 Å². The van der Waals surface area contributed by atoms with E-state index in [4.69, 9.17) is 4.74 Å². The molecule has 4 aromatic rings. The van der Waals surface area contributed by atoms with Crippen molar-refractivity contribution in [3.05, 3.63) is 99.7 Å². The number of non-ortho nitro benzene ring substituents is 1. The van der Waals surface area contributed by atoms with Crippen LogP contribution in [-0.2, 0) is 33.2 Å². The molecule has 2 amide bonds. The van der Waals surface area contributed by atoms with Crippen molar-refractivity contribution in [1.82, 2.24) is 20.3 Å². The molecule has 3 aromatic carbocycles. The number of aliphatic carboxylic acids is 1. The van der Waals surface area contributed by atoms with Crippen molar-refractivity contribution in [3.63, 3.8) is 0 Å². The third-order valence-corrected chi connectivity index (χ3v) is 9.81. The molecule has 304 valence electrons. The van der Waals surface area contributed by atoms with Gasteiger partial charge < -0.3 is 35.8 Å². The summed E-state index contributed by atoms with van der Waals surface area (Å²) in [6.07, 6.45) is -16.8. The number of amides is 2. The van der Waals surface area contributed by atoms with Gasteiger partial charge in [-0.25, -0.2) is 9.48 Å². The van der Waals surface area contributed by atoms with Gasteiger partial charge >= 0.3 is 18.3 Å². The summed E-state index contributed by atoms with van der Waals surface area (Å²) < 4.78 is 86.4. The van der Waals surface area contributed by atoms with Crippen LogP contribution >= 0.6 is 11.8 Å². The monoisotopic (exact) mass is 828 g/mol. The van der Waals surface area contributed by atoms with Crippen molar-refractivity contribution in [3.8, 4) is 11.3 Å². The Kier molecular flexibility index (Phi) is 12.3. The number of aliphatic hydroxyl groups excluding tert-OH is 3. The van der Waals surface area contributed by atoms with Gasteiger partial charge in [0, 0.05) is 47.2 Å². The Morgan fingerprint density at radius 3 is 2.14 bits per heavy atom. The lowest BCUT2D eigenvalue weighted by atomic mass is 9.89. The Hall–Kier alpha value is -5.62. The Balaban J connectivity index is 1.30. The molecule has 1 aliphatic rings. The molecule has 0 spiro atoms. The largest absolute Gasteiger partial charge is 0.478 e. The number of carboxylic acid groups (broad SMARTS) is 1. The number of carbonyl (C=O) groups is 3. The van der Waals surface area contributed by atoms with Gasteiger partial charge in [0.05, 0.1) is 40.9 Å². The van der Waals surface area contributed by atoms with Crippen LogP contribution in [0.15, 0.2) is 77.8 Å². The fourth-order valence-electron chi connectivity index (χ4n) is 5.78. The van der Waals surface area contributed by atoms with Crippen LogP contribution in [-0.4, -0.2) is 93.5 Å². The first-order valence-corrected chi connectivity index (χ1v) is 17.2. The molecule has 1 aromatic heterocycles. The van der Waals surface area contributed by atoms with E-state index in [9.17, 15) is 71.3 Å². The molecular weight excluding hydrogens is 798 g/mol. The summed E-state index contributed by atoms with van der Waals surface area (Å²) in [6.45, 7) is 0.593. The van der Waals surface area contributed by atoms with E-state index in [-0.39, 0.29) is 40.2 Å². The second kappa shape index (κ2) is 16.5. The van der Waals surface area contributed by atoms with Crippen LogP contribution in [0.4, 0.5) is 37.7 Å². The highest BCUT2D eigenvalue weighted by molar-refractivity contribution is 8.01. The number of nitro groups is 1. The molecule has 0 bridgehead atoms. The first-order chi connectivity index (χ1) is 26.6. The van der Waals surface area contributed by atoms with E-state index in [1.807, 2.05) is 0 Å². The quantitative estimate of drug-likeness (QED) is 0.0671. The second-order valence-electron chi connectivity index (χ2n) is 12.7. The molecule has 0 radical (unpaired) electrons. The smallest absolute Gasteiger partial charge is 0.416 e. The van der Waals surface area contributed by atoms with Crippen molar-refractivity contribution in [2.75, 3.05) is 5.32 Å². The zero-order valence-electron chi connectivity index (χ0n) is 28.9. The number of nitrogens with one attached hydrogen (secondary N) is 2. The number of halogens is 6. The third-order valence-electron chi connectivity index (χ3n) is 8.53. The molecule has 23 heteroatoms. The van der Waals surface area contributed by atoms with Crippen LogP contribution in [0.5, 0.6) is 0 Å². The van der Waals surface area contributed by atoms with Crippen molar-refractivity contribution >= 4 is 40.9 Å². The highest BCUT2D eigenvalue weighted by atomic mass is 32.2. The number of hydrogen-bond acceptors (Lipinski definition) is 12. The Labute approximate surface area is 320 Å². The summed E-state index contributed by atoms with van der Waals surface area (Å²) in [5.74, 6) is -3.54. The maximum atomic E-state index is 13.2. The van der Waals surface area contributed by atoms with E-state index in [0.29, 0.717) is 17.3 Å². The van der Waals surface area contributed by atoms with Crippen molar-refractivity contribution < 1.29 is 70.8 Å². The third kappa shape index (κ3) is 10.0. The lowest BCUT2D eigenvalue weighted by molar-refractivity contribution is -0.384. The molecule has 1 aliphatic heterocycles.